The third kappa shape index (κ3) is 4.95. The number of carbonyl (C=O) groups excluding carboxylic acids is 3. The molecule has 0 amide bonds. The van der Waals surface area contributed by atoms with Crippen LogP contribution in [0.1, 0.15) is 20.3 Å². The molecule has 0 aliphatic rings. The molecule has 74 valence electrons. The minimum absolute atomic E-state index is 0.118. The molecule has 0 unspecified atom stereocenters. The van der Waals surface area contributed by atoms with Crippen molar-refractivity contribution in [2.24, 2.45) is 0 Å². The van der Waals surface area contributed by atoms with Gasteiger partial charge in [0, 0.05) is 0 Å². The van der Waals surface area contributed by atoms with Crippen molar-refractivity contribution in [3.8, 4) is 0 Å². The SMILES string of the molecule is CCO[13C](=O)[13CH2][13C](=O)[13C](=O)OCC. The van der Waals surface area contributed by atoms with Crippen LogP contribution in [0.3, 0.4) is 0 Å². The Morgan fingerprint density at radius 3 is 2.00 bits per heavy atom. The van der Waals surface area contributed by atoms with E-state index < -0.39 is 24.1 Å². The van der Waals surface area contributed by atoms with Crippen LogP contribution in [-0.4, -0.2) is 30.9 Å². The van der Waals surface area contributed by atoms with Gasteiger partial charge < -0.3 is 9.47 Å². The summed E-state index contributed by atoms with van der Waals surface area (Å²) in [4.78, 5) is 32.3. The van der Waals surface area contributed by atoms with Gasteiger partial charge in [0.1, 0.15) is 6.42 Å². The molecule has 0 aromatic rings. The van der Waals surface area contributed by atoms with Gasteiger partial charge in [-0.3, -0.25) is 9.59 Å². The minimum Gasteiger partial charge on any atom is -0.466 e. The fourth-order valence-corrected chi connectivity index (χ4v) is 0.627. The molecule has 0 atom stereocenters. The van der Waals surface area contributed by atoms with Crippen LogP contribution in [0.25, 0.3) is 0 Å². The van der Waals surface area contributed by atoms with Crippen LogP contribution in [0.2, 0.25) is 0 Å². The molecule has 5 heteroatoms. The zero-order chi connectivity index (χ0) is 10.3. The lowest BCUT2D eigenvalue weighted by molar-refractivity contribution is -0.157. The first kappa shape index (κ1) is 11.6. The Balaban J connectivity index is 3.86. The number of ether oxygens (including phenoxy) is 2. The average molecular weight is 192 g/mol. The maximum absolute atomic E-state index is 10.8. The van der Waals surface area contributed by atoms with Crippen molar-refractivity contribution in [3.63, 3.8) is 0 Å². The van der Waals surface area contributed by atoms with Crippen molar-refractivity contribution in [3.05, 3.63) is 0 Å². The van der Waals surface area contributed by atoms with Gasteiger partial charge in [-0.2, -0.15) is 0 Å². The lowest BCUT2D eigenvalue weighted by Gasteiger charge is -2.00. The van der Waals surface area contributed by atoms with Crippen molar-refractivity contribution in [1.82, 2.24) is 0 Å². The summed E-state index contributed by atoms with van der Waals surface area (Å²) in [7, 11) is 0. The quantitative estimate of drug-likeness (QED) is 0.267. The van der Waals surface area contributed by atoms with E-state index in [1.165, 1.54) is 0 Å². The van der Waals surface area contributed by atoms with Gasteiger partial charge in [-0.15, -0.1) is 0 Å². The van der Waals surface area contributed by atoms with Gasteiger partial charge in [0.05, 0.1) is 13.2 Å². The Bertz CT molecular complexity index is 209. The van der Waals surface area contributed by atoms with E-state index in [2.05, 4.69) is 9.47 Å². The molecule has 0 N–H and O–H groups in total. The number of esters is 2. The highest BCUT2D eigenvalue weighted by Gasteiger charge is 2.19. The number of carbonyl (C=O) groups is 3. The topological polar surface area (TPSA) is 69.7 Å². The molecule has 0 aliphatic heterocycles. The fraction of sp³-hybridized carbons (Fsp3) is 0.625. The normalized spacial score (nSPS) is 9.08. The maximum atomic E-state index is 10.8. The second-order valence-electron chi connectivity index (χ2n) is 2.13. The van der Waals surface area contributed by atoms with Gasteiger partial charge >= 0.3 is 11.9 Å². The zero-order valence-corrected chi connectivity index (χ0v) is 7.66. The van der Waals surface area contributed by atoms with Gasteiger partial charge in [-0.1, -0.05) is 0 Å². The first-order valence-corrected chi connectivity index (χ1v) is 3.97. The molecule has 0 radical (unpaired) electrons. The molecular formula is C8H12O5. The molecule has 0 aliphatic carbocycles. The summed E-state index contributed by atoms with van der Waals surface area (Å²) in [5, 5.41) is 0. The summed E-state index contributed by atoms with van der Waals surface area (Å²) in [6, 6.07) is 0. The smallest absolute Gasteiger partial charge is 0.375 e. The summed E-state index contributed by atoms with van der Waals surface area (Å²) in [6.07, 6.45) is -0.549. The second-order valence-corrected chi connectivity index (χ2v) is 2.13. The van der Waals surface area contributed by atoms with Gasteiger partial charge in [-0.25, -0.2) is 4.79 Å². The van der Waals surface area contributed by atoms with E-state index in [-0.39, 0.29) is 13.2 Å². The highest BCUT2D eigenvalue weighted by molar-refractivity contribution is 6.36. The summed E-state index contributed by atoms with van der Waals surface area (Å²) < 4.78 is 8.86. The molecule has 13 heavy (non-hydrogen) atoms. The molecule has 0 saturated heterocycles. The Hall–Kier alpha value is -1.39. The number of ketones is 1. The van der Waals surface area contributed by atoms with E-state index >= 15 is 0 Å². The number of Topliss-reactive ketones (excluding diaryl/α,β-unsaturated/α-hetero) is 1. The number of rotatable bonds is 5. The van der Waals surface area contributed by atoms with Crippen molar-refractivity contribution >= 4 is 17.7 Å². The Morgan fingerprint density at radius 1 is 1.00 bits per heavy atom. The van der Waals surface area contributed by atoms with Gasteiger partial charge in [0.25, 0.3) is 5.78 Å². The lowest BCUT2D eigenvalue weighted by Crippen LogP contribution is -2.21. The molecule has 0 rings (SSSR count). The highest BCUT2D eigenvalue weighted by atomic mass is 16.6. The summed E-state index contributed by atoms with van der Waals surface area (Å²) in [6.45, 7) is 3.50. The molecule has 0 fully saturated rings. The van der Waals surface area contributed by atoms with E-state index in [9.17, 15) is 14.4 Å². The van der Waals surface area contributed by atoms with E-state index in [4.69, 9.17) is 0 Å². The van der Waals surface area contributed by atoms with Crippen LogP contribution in [0.4, 0.5) is 0 Å². The molecule has 0 aromatic carbocycles. The largest absolute Gasteiger partial charge is 0.466 e. The monoisotopic (exact) mass is 192 g/mol. The fourth-order valence-electron chi connectivity index (χ4n) is 0.627. The maximum Gasteiger partial charge on any atom is 0.375 e. The van der Waals surface area contributed by atoms with Crippen LogP contribution in [0.15, 0.2) is 0 Å². The van der Waals surface area contributed by atoms with Crippen LogP contribution in [0, 0.1) is 0 Å². The first-order chi connectivity index (χ1) is 6.11. The van der Waals surface area contributed by atoms with Crippen LogP contribution in [0.5, 0.6) is 0 Å². The molecule has 0 heterocycles. The van der Waals surface area contributed by atoms with E-state index in [0.717, 1.165) is 0 Å². The minimum atomic E-state index is -0.990. The van der Waals surface area contributed by atoms with E-state index in [0.29, 0.717) is 0 Å². The van der Waals surface area contributed by atoms with Gasteiger partial charge in [0.2, 0.25) is 0 Å². The standard InChI is InChI=1S/C8H12O5/c1-3-12-7(10)5-6(9)8(11)13-4-2/h3-5H2,1-2H3/i5+1,6+1,7+1,8+1. The molecule has 0 aromatic heterocycles. The Labute approximate surface area is 76.0 Å². The predicted octanol–water partition coefficient (Wildman–Crippen LogP) is 0.0718. The van der Waals surface area contributed by atoms with Gasteiger partial charge in [0.15, 0.2) is 0 Å². The van der Waals surface area contributed by atoms with Crippen molar-refractivity contribution in [2.45, 2.75) is 20.3 Å². The van der Waals surface area contributed by atoms with E-state index in [1.807, 2.05) is 0 Å². The lowest BCUT2D eigenvalue weighted by atomic mass is 10.9. The second kappa shape index (κ2) is 6.16. The molecule has 5 nitrogen and oxygen atoms in total. The van der Waals surface area contributed by atoms with E-state index in [1.54, 1.807) is 13.8 Å². The summed E-state index contributed by atoms with van der Waals surface area (Å²) in [5.74, 6) is -2.57. The van der Waals surface area contributed by atoms with Crippen LogP contribution in [-0.2, 0) is 23.9 Å². The van der Waals surface area contributed by atoms with Crippen LogP contribution < -0.4 is 0 Å². The molecule has 0 spiro atoms. The average Bonchev–Trinajstić information content (AvgIpc) is 2.05. The van der Waals surface area contributed by atoms with Gasteiger partial charge in [-0.05, 0) is 13.8 Å². The summed E-state index contributed by atoms with van der Waals surface area (Å²) >= 11 is 0. The zero-order valence-electron chi connectivity index (χ0n) is 7.66. The Kier molecular flexibility index (Phi) is 5.50. The molecule has 0 bridgehead atoms. The molecule has 0 saturated carbocycles. The number of hydrogen-bond donors (Lipinski definition) is 0. The van der Waals surface area contributed by atoms with Crippen LogP contribution >= 0.6 is 0 Å². The first-order valence-electron chi connectivity index (χ1n) is 3.97. The Morgan fingerprint density at radius 2 is 1.54 bits per heavy atom. The third-order valence-corrected chi connectivity index (χ3v) is 1.11. The summed E-state index contributed by atoms with van der Waals surface area (Å²) in [5.41, 5.74) is 0. The van der Waals surface area contributed by atoms with Crippen molar-refractivity contribution in [2.75, 3.05) is 13.2 Å². The highest BCUT2D eigenvalue weighted by Crippen LogP contribution is 1.91. The van der Waals surface area contributed by atoms with Crippen molar-refractivity contribution < 1.29 is 23.9 Å². The molecular weight excluding hydrogens is 180 g/mol. The number of hydrogen-bond acceptors (Lipinski definition) is 5. The predicted molar refractivity (Wildman–Crippen MR) is 42.9 cm³/mol. The van der Waals surface area contributed by atoms with Crippen molar-refractivity contribution in [1.29, 1.82) is 0 Å². The third-order valence-electron chi connectivity index (χ3n) is 1.11.